The van der Waals surface area contributed by atoms with Crippen LogP contribution in [0.15, 0.2) is 12.2 Å². The molecule has 0 aliphatic heterocycles. The zero-order valence-corrected chi connectivity index (χ0v) is 56.3. The van der Waals surface area contributed by atoms with Crippen LogP contribution in [-0.4, -0.2) is 228 Å². The van der Waals surface area contributed by atoms with Gasteiger partial charge in [0.05, 0.1) is 12.6 Å². The number of likely N-dealkylation sites (N-methyl/N-ethyl adjacent to an activating group) is 7. The van der Waals surface area contributed by atoms with Crippen molar-refractivity contribution in [2.75, 3.05) is 62.4 Å². The Balaban J connectivity index is 6.75. The Bertz CT molecular complexity index is 2240. The Morgan fingerprint density at radius 1 is 0.482 bits per heavy atom. The van der Waals surface area contributed by atoms with Gasteiger partial charge in [0.15, 0.2) is 0 Å². The van der Waals surface area contributed by atoms with E-state index in [-0.39, 0.29) is 42.9 Å². The second-order valence-electron chi connectivity index (χ2n) is 25.8. The van der Waals surface area contributed by atoms with E-state index < -0.39 is 138 Å². The predicted octanol–water partition coefficient (Wildman–Crippen LogP) is 3.52. The van der Waals surface area contributed by atoms with E-state index in [2.05, 4.69) is 35.1 Å². The molecule has 0 aromatic carbocycles. The second kappa shape index (κ2) is 37.4. The summed E-state index contributed by atoms with van der Waals surface area (Å²) in [5, 5.41) is 22.9. The first kappa shape index (κ1) is 78.9. The fourth-order valence-corrected chi connectivity index (χ4v) is 9.95. The highest BCUT2D eigenvalue weighted by molar-refractivity contribution is 5.98. The van der Waals surface area contributed by atoms with Crippen LogP contribution in [0, 0.1) is 41.4 Å². The van der Waals surface area contributed by atoms with Gasteiger partial charge in [0.1, 0.15) is 54.4 Å². The molecule has 0 rings (SSSR count). The summed E-state index contributed by atoms with van der Waals surface area (Å²) in [6.07, 6.45) is 4.55. The molecule has 11 amide bonds. The van der Waals surface area contributed by atoms with Crippen LogP contribution in [0.5, 0.6) is 0 Å². The monoisotopic (exact) mass is 1200 g/mol. The van der Waals surface area contributed by atoms with E-state index in [0.29, 0.717) is 31.7 Å². The summed E-state index contributed by atoms with van der Waals surface area (Å²) in [6, 6.07) is -10.1. The quantitative estimate of drug-likeness (QED) is 0.0442. The largest absolute Gasteiger partial charge is 0.390 e. The maximum absolute atomic E-state index is 14.7. The number of aliphatic hydroxyl groups excluding tert-OH is 1. The fourth-order valence-electron chi connectivity index (χ4n) is 9.95. The lowest BCUT2D eigenvalue weighted by atomic mass is 9.91. The molecule has 0 aliphatic carbocycles. The number of carbonyl (C=O) groups excluding carboxylic acids is 11. The third-order valence-corrected chi connectivity index (χ3v) is 15.5. The Morgan fingerprint density at radius 3 is 1.42 bits per heavy atom. The second-order valence-corrected chi connectivity index (χ2v) is 25.8. The molecular formula is C62H113N11O12. The number of allylic oxidation sites excluding steroid dienone is 2. The molecule has 23 nitrogen and oxygen atoms in total. The lowest BCUT2D eigenvalue weighted by Gasteiger charge is -2.40. The van der Waals surface area contributed by atoms with Gasteiger partial charge < -0.3 is 60.7 Å². The Hall–Kier alpha value is -6.13. The van der Waals surface area contributed by atoms with Gasteiger partial charge in [-0.25, -0.2) is 0 Å². The standard InChI is InChI=1S/C62H113N11O12/c1-25-27-28-42(15)53(76)52(73(24)62(85)51(41(13)14)72(23)60(83)48(33-39(9)10)69(20)35-74)57(80)65-45(26-2)59(82)68(19)34-49(75)70(21)46(31-37(5)6)56(79)66-50(40(11)12)61(84)71(22)47(32-38(7)8)55(78)63-43(16)54(77)64-44(17)58(81)67(18)30-29-36(3)4/h25,27,35-48,50-53,76H,26,28-34H2,1-24H3,(H,63,78)(H,64,77)(H,65,80)(H,66,79)/b27-25+. The minimum atomic E-state index is -1.56. The molecule has 5 N–H and O–H groups in total. The molecule has 0 saturated carbocycles. The maximum atomic E-state index is 14.7. The van der Waals surface area contributed by atoms with Crippen LogP contribution in [0.2, 0.25) is 0 Å². The SMILES string of the molecule is C/C=C/CC(C)C(O)C(C(=O)NC(CC)C(=O)N(C)CC(=O)N(C)C(CC(C)C)C(=O)NC(C(=O)N(C)C(CC(C)C)C(=O)NC(C)C(=O)NC(C)C(=O)N(C)CCC(C)C)C(C)C)N(C)C(=O)C(C(C)C)N(C)C(=O)C(CC(C)C)N(C)C=O. The van der Waals surface area contributed by atoms with Gasteiger partial charge in [0, 0.05) is 55.9 Å². The van der Waals surface area contributed by atoms with E-state index in [4.69, 9.17) is 0 Å². The molecule has 85 heavy (non-hydrogen) atoms. The highest BCUT2D eigenvalue weighted by Gasteiger charge is 2.44. The number of rotatable bonds is 37. The van der Waals surface area contributed by atoms with Crippen molar-refractivity contribution >= 4 is 65.5 Å². The molecule has 0 heterocycles. The first-order valence-corrected chi connectivity index (χ1v) is 30.5. The fraction of sp³-hybridized carbons (Fsp3) is 0.790. The van der Waals surface area contributed by atoms with Crippen LogP contribution in [-0.2, 0) is 52.7 Å². The average Bonchev–Trinajstić information content (AvgIpc) is 3.52. The van der Waals surface area contributed by atoms with Gasteiger partial charge in [0.25, 0.3) is 0 Å². The number of nitrogens with one attached hydrogen (secondary N) is 4. The normalized spacial score (nSPS) is 15.6. The Kier molecular flexibility index (Phi) is 34.7. The molecule has 0 aliphatic rings. The molecule has 0 bridgehead atoms. The first-order chi connectivity index (χ1) is 39.2. The summed E-state index contributed by atoms with van der Waals surface area (Å²) in [7, 11) is 10.2. The molecule has 11 atom stereocenters. The molecule has 488 valence electrons. The van der Waals surface area contributed by atoms with E-state index in [1.54, 1.807) is 73.4 Å². The summed E-state index contributed by atoms with van der Waals surface area (Å²) >= 11 is 0. The molecule has 0 fully saturated rings. The molecule has 0 saturated heterocycles. The van der Waals surface area contributed by atoms with Crippen molar-refractivity contribution in [1.82, 2.24) is 55.6 Å². The van der Waals surface area contributed by atoms with Gasteiger partial charge in [-0.15, -0.1) is 0 Å². The van der Waals surface area contributed by atoms with E-state index in [0.717, 1.165) is 16.2 Å². The smallest absolute Gasteiger partial charge is 0.246 e. The van der Waals surface area contributed by atoms with Crippen molar-refractivity contribution in [2.45, 2.75) is 217 Å². The molecular weight excluding hydrogens is 1090 g/mol. The summed E-state index contributed by atoms with van der Waals surface area (Å²) < 4.78 is 0. The van der Waals surface area contributed by atoms with Gasteiger partial charge in [-0.1, -0.05) is 109 Å². The third-order valence-electron chi connectivity index (χ3n) is 15.5. The molecule has 23 heteroatoms. The number of hydrogen-bond acceptors (Lipinski definition) is 12. The topological polar surface area (TPSA) is 279 Å². The highest BCUT2D eigenvalue weighted by Crippen LogP contribution is 2.24. The van der Waals surface area contributed by atoms with Crippen LogP contribution >= 0.6 is 0 Å². The predicted molar refractivity (Wildman–Crippen MR) is 331 cm³/mol. The van der Waals surface area contributed by atoms with Crippen LogP contribution < -0.4 is 21.3 Å². The maximum Gasteiger partial charge on any atom is 0.246 e. The van der Waals surface area contributed by atoms with Crippen LogP contribution in [0.25, 0.3) is 0 Å². The number of amides is 11. The van der Waals surface area contributed by atoms with Crippen LogP contribution in [0.4, 0.5) is 0 Å². The van der Waals surface area contributed by atoms with Crippen molar-refractivity contribution < 1.29 is 57.8 Å². The summed E-state index contributed by atoms with van der Waals surface area (Å²) in [6.45, 7) is 30.5. The van der Waals surface area contributed by atoms with E-state index in [1.165, 1.54) is 68.8 Å². The van der Waals surface area contributed by atoms with Gasteiger partial charge in [0.2, 0.25) is 65.5 Å². The van der Waals surface area contributed by atoms with E-state index in [1.807, 2.05) is 47.6 Å². The van der Waals surface area contributed by atoms with Crippen molar-refractivity contribution in [3.05, 3.63) is 12.2 Å². The highest BCUT2D eigenvalue weighted by atomic mass is 16.3. The van der Waals surface area contributed by atoms with Gasteiger partial charge in [-0.3, -0.25) is 52.7 Å². The average molecular weight is 1200 g/mol. The number of carbonyl (C=O) groups is 11. The summed E-state index contributed by atoms with van der Waals surface area (Å²) in [5.41, 5.74) is 0. The molecule has 0 aromatic rings. The molecule has 11 unspecified atom stereocenters. The van der Waals surface area contributed by atoms with Gasteiger partial charge in [-0.05, 0) is 101 Å². The number of nitrogens with zero attached hydrogens (tertiary/aromatic N) is 7. The van der Waals surface area contributed by atoms with Crippen LogP contribution in [0.1, 0.15) is 156 Å². The van der Waals surface area contributed by atoms with E-state index in [9.17, 15) is 57.8 Å². The zero-order chi connectivity index (χ0) is 66.2. The summed E-state index contributed by atoms with van der Waals surface area (Å²) in [5.74, 6) is -7.41. The molecule has 0 spiro atoms. The number of aliphatic hydroxyl groups is 1. The lowest BCUT2D eigenvalue weighted by molar-refractivity contribution is -0.155. The van der Waals surface area contributed by atoms with Crippen molar-refractivity contribution in [3.63, 3.8) is 0 Å². The first-order valence-electron chi connectivity index (χ1n) is 30.5. The molecule has 0 aromatic heterocycles. The van der Waals surface area contributed by atoms with Crippen molar-refractivity contribution in [1.29, 1.82) is 0 Å². The summed E-state index contributed by atoms with van der Waals surface area (Å²) in [4.78, 5) is 162. The van der Waals surface area contributed by atoms with Crippen molar-refractivity contribution in [3.8, 4) is 0 Å². The Labute approximate surface area is 509 Å². The third kappa shape index (κ3) is 24.6. The minimum Gasteiger partial charge on any atom is -0.390 e. The van der Waals surface area contributed by atoms with Crippen molar-refractivity contribution in [2.24, 2.45) is 41.4 Å². The van der Waals surface area contributed by atoms with Gasteiger partial charge >= 0.3 is 0 Å². The minimum absolute atomic E-state index is 0.0272. The molecule has 0 radical (unpaired) electrons. The van der Waals surface area contributed by atoms with Crippen LogP contribution in [0.3, 0.4) is 0 Å². The van der Waals surface area contributed by atoms with Gasteiger partial charge in [-0.2, -0.15) is 0 Å². The zero-order valence-electron chi connectivity index (χ0n) is 56.3. The number of hydrogen-bond donors (Lipinski definition) is 5. The lowest BCUT2D eigenvalue weighted by Crippen LogP contribution is -2.63. The Morgan fingerprint density at radius 2 is 0.965 bits per heavy atom. The van der Waals surface area contributed by atoms with E-state index >= 15 is 0 Å².